The average Bonchev–Trinajstić information content (AvgIpc) is 2.28. The van der Waals surface area contributed by atoms with Gasteiger partial charge in [-0.1, -0.05) is 6.92 Å². The van der Waals surface area contributed by atoms with Crippen LogP contribution in [0.15, 0.2) is 0 Å². The molecule has 1 heterocycles. The second-order valence-corrected chi connectivity index (χ2v) is 3.81. The van der Waals surface area contributed by atoms with Gasteiger partial charge in [-0.05, 0) is 26.4 Å². The number of likely N-dealkylation sites (N-methyl/N-ethyl adjacent to an activating group) is 1. The molecule has 0 amide bonds. The lowest BCUT2D eigenvalue weighted by atomic mass is 10.2. The molecule has 0 saturated carbocycles. The maximum absolute atomic E-state index is 8.65. The zero-order chi connectivity index (χ0) is 9.68. The van der Waals surface area contributed by atoms with Crippen LogP contribution in [0.1, 0.15) is 26.7 Å². The summed E-state index contributed by atoms with van der Waals surface area (Å²) in [5.41, 5.74) is 0. The van der Waals surface area contributed by atoms with Crippen LogP contribution in [0.5, 0.6) is 0 Å². The van der Waals surface area contributed by atoms with E-state index in [1.807, 2.05) is 0 Å². The quantitative estimate of drug-likeness (QED) is 0.690. The Morgan fingerprint density at radius 3 is 3.00 bits per heavy atom. The summed E-state index contributed by atoms with van der Waals surface area (Å²) in [5, 5.41) is 12.1. The van der Waals surface area contributed by atoms with Crippen LogP contribution < -0.4 is 5.32 Å². The molecule has 0 radical (unpaired) electrons. The van der Waals surface area contributed by atoms with E-state index in [0.717, 1.165) is 19.6 Å². The molecule has 1 N–H and O–H groups in total. The van der Waals surface area contributed by atoms with Crippen molar-refractivity contribution in [3.63, 3.8) is 0 Å². The molecule has 1 aliphatic rings. The largest absolute Gasteiger partial charge is 0.309 e. The topological polar surface area (TPSA) is 39.1 Å². The predicted octanol–water partition coefficient (Wildman–Crippen LogP) is 0.972. The molecule has 13 heavy (non-hydrogen) atoms. The summed E-state index contributed by atoms with van der Waals surface area (Å²) in [6.07, 6.45) is 1.82. The van der Waals surface area contributed by atoms with Gasteiger partial charge in [0, 0.05) is 18.6 Å². The maximum Gasteiger partial charge on any atom is 0.0638 e. The van der Waals surface area contributed by atoms with Gasteiger partial charge < -0.3 is 10.2 Å². The molecule has 1 aliphatic heterocycles. The normalized spacial score (nSPS) is 30.8. The Morgan fingerprint density at radius 1 is 1.62 bits per heavy atom. The molecule has 3 nitrogen and oxygen atoms in total. The Hall–Kier alpha value is -0.590. The monoisotopic (exact) mass is 181 g/mol. The van der Waals surface area contributed by atoms with E-state index >= 15 is 0 Å². The fourth-order valence-electron chi connectivity index (χ4n) is 1.84. The van der Waals surface area contributed by atoms with Gasteiger partial charge >= 0.3 is 0 Å². The van der Waals surface area contributed by atoms with Crippen LogP contribution in [0.2, 0.25) is 0 Å². The molecule has 1 saturated heterocycles. The number of nitrogens with zero attached hydrogens (tertiary/aromatic N) is 2. The van der Waals surface area contributed by atoms with Crippen LogP contribution in [0.3, 0.4) is 0 Å². The summed E-state index contributed by atoms with van der Waals surface area (Å²) >= 11 is 0. The summed E-state index contributed by atoms with van der Waals surface area (Å²) in [6, 6.07) is 3.16. The first-order chi connectivity index (χ1) is 6.26. The molecular formula is C10H19N3. The SMILES string of the molecule is CCN1CCC(C)NC(CC#N)C1. The molecule has 74 valence electrons. The maximum atomic E-state index is 8.65. The Bertz CT molecular complexity index is 185. The molecule has 0 bridgehead atoms. The second-order valence-electron chi connectivity index (χ2n) is 3.81. The molecule has 1 rings (SSSR count). The summed E-state index contributed by atoms with van der Waals surface area (Å²) < 4.78 is 0. The van der Waals surface area contributed by atoms with Gasteiger partial charge in [-0.15, -0.1) is 0 Å². The van der Waals surface area contributed by atoms with Crippen LogP contribution in [-0.4, -0.2) is 36.6 Å². The lowest BCUT2D eigenvalue weighted by Crippen LogP contribution is -2.39. The first-order valence-corrected chi connectivity index (χ1v) is 5.11. The number of nitrogens with one attached hydrogen (secondary N) is 1. The van der Waals surface area contributed by atoms with E-state index in [9.17, 15) is 0 Å². The van der Waals surface area contributed by atoms with Gasteiger partial charge in [0.15, 0.2) is 0 Å². The first-order valence-electron chi connectivity index (χ1n) is 5.11. The summed E-state index contributed by atoms with van der Waals surface area (Å²) in [5.74, 6) is 0. The van der Waals surface area contributed by atoms with Gasteiger partial charge in [0.25, 0.3) is 0 Å². The lowest BCUT2D eigenvalue weighted by Gasteiger charge is -2.21. The third-order valence-corrected chi connectivity index (χ3v) is 2.66. The lowest BCUT2D eigenvalue weighted by molar-refractivity contribution is 0.282. The van der Waals surface area contributed by atoms with Crippen molar-refractivity contribution in [2.45, 2.75) is 38.8 Å². The Labute approximate surface area is 80.7 Å². The highest BCUT2D eigenvalue weighted by atomic mass is 15.2. The fourth-order valence-corrected chi connectivity index (χ4v) is 1.84. The van der Waals surface area contributed by atoms with Gasteiger partial charge in [-0.3, -0.25) is 0 Å². The van der Waals surface area contributed by atoms with Crippen LogP contribution in [-0.2, 0) is 0 Å². The van der Waals surface area contributed by atoms with Gasteiger partial charge in [0.2, 0.25) is 0 Å². The van der Waals surface area contributed by atoms with Crippen LogP contribution in [0.4, 0.5) is 0 Å². The van der Waals surface area contributed by atoms with E-state index in [4.69, 9.17) is 5.26 Å². The van der Waals surface area contributed by atoms with Gasteiger partial charge in [0.1, 0.15) is 0 Å². The van der Waals surface area contributed by atoms with E-state index in [0.29, 0.717) is 18.5 Å². The Morgan fingerprint density at radius 2 is 2.38 bits per heavy atom. The van der Waals surface area contributed by atoms with Crippen molar-refractivity contribution in [3.05, 3.63) is 0 Å². The minimum absolute atomic E-state index is 0.363. The highest BCUT2D eigenvalue weighted by molar-refractivity contribution is 4.87. The van der Waals surface area contributed by atoms with Gasteiger partial charge in [-0.25, -0.2) is 0 Å². The molecular weight excluding hydrogens is 162 g/mol. The van der Waals surface area contributed by atoms with Crippen LogP contribution >= 0.6 is 0 Å². The summed E-state index contributed by atoms with van der Waals surface area (Å²) in [4.78, 5) is 2.42. The van der Waals surface area contributed by atoms with Gasteiger partial charge in [-0.2, -0.15) is 5.26 Å². The molecule has 2 atom stereocenters. The Kier molecular flexibility index (Phi) is 4.20. The van der Waals surface area contributed by atoms with Gasteiger partial charge in [0.05, 0.1) is 12.5 Å². The highest BCUT2D eigenvalue weighted by Crippen LogP contribution is 2.06. The second kappa shape index (κ2) is 5.21. The van der Waals surface area contributed by atoms with Crippen molar-refractivity contribution in [1.82, 2.24) is 10.2 Å². The smallest absolute Gasteiger partial charge is 0.0638 e. The number of hydrogen-bond donors (Lipinski definition) is 1. The molecule has 2 unspecified atom stereocenters. The van der Waals surface area contributed by atoms with Crippen LogP contribution in [0.25, 0.3) is 0 Å². The molecule has 0 aromatic heterocycles. The molecule has 1 fully saturated rings. The number of hydrogen-bond acceptors (Lipinski definition) is 3. The third kappa shape index (κ3) is 3.33. The van der Waals surface area contributed by atoms with E-state index in [1.54, 1.807) is 0 Å². The fraction of sp³-hybridized carbons (Fsp3) is 0.900. The van der Waals surface area contributed by atoms with Crippen molar-refractivity contribution in [3.8, 4) is 6.07 Å². The average molecular weight is 181 g/mol. The van der Waals surface area contributed by atoms with Crippen molar-refractivity contribution in [2.75, 3.05) is 19.6 Å². The van der Waals surface area contributed by atoms with Crippen molar-refractivity contribution < 1.29 is 0 Å². The molecule has 0 aromatic carbocycles. The molecule has 0 spiro atoms. The van der Waals surface area contributed by atoms with E-state index in [1.165, 1.54) is 6.42 Å². The van der Waals surface area contributed by atoms with E-state index in [-0.39, 0.29) is 0 Å². The van der Waals surface area contributed by atoms with Crippen molar-refractivity contribution >= 4 is 0 Å². The van der Waals surface area contributed by atoms with E-state index < -0.39 is 0 Å². The Balaban J connectivity index is 2.48. The summed E-state index contributed by atoms with van der Waals surface area (Å²) in [7, 11) is 0. The standard InChI is InChI=1S/C10H19N3/c1-3-13-7-5-9(2)12-10(8-13)4-6-11/h9-10,12H,3-5,7-8H2,1-2H3. The summed E-state index contributed by atoms with van der Waals surface area (Å²) in [6.45, 7) is 7.65. The minimum Gasteiger partial charge on any atom is -0.309 e. The molecule has 3 heteroatoms. The number of rotatable bonds is 2. The molecule has 0 aliphatic carbocycles. The predicted molar refractivity (Wildman–Crippen MR) is 53.3 cm³/mol. The zero-order valence-electron chi connectivity index (χ0n) is 8.58. The molecule has 0 aromatic rings. The van der Waals surface area contributed by atoms with Crippen molar-refractivity contribution in [1.29, 1.82) is 5.26 Å². The minimum atomic E-state index is 0.363. The highest BCUT2D eigenvalue weighted by Gasteiger charge is 2.19. The first kappa shape index (κ1) is 10.5. The van der Waals surface area contributed by atoms with Crippen molar-refractivity contribution in [2.24, 2.45) is 0 Å². The third-order valence-electron chi connectivity index (χ3n) is 2.66. The number of nitriles is 1. The van der Waals surface area contributed by atoms with E-state index in [2.05, 4.69) is 30.1 Å². The van der Waals surface area contributed by atoms with Crippen LogP contribution in [0, 0.1) is 11.3 Å². The zero-order valence-corrected chi connectivity index (χ0v) is 8.58.